The molecule has 0 aliphatic heterocycles. The third kappa shape index (κ3) is 15.2. The van der Waals surface area contributed by atoms with Gasteiger partial charge in [0.1, 0.15) is 0 Å². The molecular formula is C16H26ClN3SY-2. The first kappa shape index (κ1) is 24.5. The summed E-state index contributed by atoms with van der Waals surface area (Å²) in [7, 11) is 1.76. The van der Waals surface area contributed by atoms with Crippen molar-refractivity contribution < 1.29 is 32.7 Å². The Morgan fingerprint density at radius 2 is 2.00 bits per heavy atom. The van der Waals surface area contributed by atoms with E-state index >= 15 is 0 Å². The third-order valence-corrected chi connectivity index (χ3v) is 3.74. The van der Waals surface area contributed by atoms with Gasteiger partial charge in [0.05, 0.1) is 0 Å². The van der Waals surface area contributed by atoms with E-state index in [-0.39, 0.29) is 32.7 Å². The zero-order valence-corrected chi connectivity index (χ0v) is 18.5. The summed E-state index contributed by atoms with van der Waals surface area (Å²) in [6.45, 7) is 9.33. The number of hydrogen-bond acceptors (Lipinski definition) is 2. The topological polar surface area (TPSA) is 54.2 Å². The van der Waals surface area contributed by atoms with Crippen molar-refractivity contribution in [3.8, 4) is 0 Å². The van der Waals surface area contributed by atoms with Crippen LogP contribution in [0.4, 0.5) is 5.69 Å². The molecule has 0 amide bonds. The first-order chi connectivity index (χ1) is 9.78. The minimum absolute atomic E-state index is 0. The van der Waals surface area contributed by atoms with Crippen molar-refractivity contribution in [1.82, 2.24) is 0 Å². The average molecular weight is 417 g/mol. The smallest absolute Gasteiger partial charge is 0.0317 e. The fourth-order valence-electron chi connectivity index (χ4n) is 1.36. The van der Waals surface area contributed by atoms with Gasteiger partial charge < -0.3 is 15.9 Å². The molecule has 0 bridgehead atoms. The molecule has 1 rings (SSSR count). The summed E-state index contributed by atoms with van der Waals surface area (Å²) >= 11 is 6.98. The molecule has 1 aromatic carbocycles. The van der Waals surface area contributed by atoms with Gasteiger partial charge in [-0.1, -0.05) is 32.9 Å². The Balaban J connectivity index is 0. The van der Waals surface area contributed by atoms with Crippen molar-refractivity contribution in [3.05, 3.63) is 51.8 Å². The summed E-state index contributed by atoms with van der Waals surface area (Å²) in [5.41, 5.74) is 8.92. The number of nitrogen functional groups attached to an aromatic ring is 1. The largest absolute Gasteiger partial charge is 0.662 e. The number of nitrogens with zero attached hydrogens (tertiary/aromatic N) is 2. The zero-order chi connectivity index (χ0) is 16.3. The van der Waals surface area contributed by atoms with E-state index in [1.54, 1.807) is 13.2 Å². The maximum atomic E-state index is 5.69. The molecule has 0 spiro atoms. The van der Waals surface area contributed by atoms with Gasteiger partial charge in [0.25, 0.3) is 0 Å². The van der Waals surface area contributed by atoms with Crippen LogP contribution in [-0.4, -0.2) is 18.3 Å². The number of benzene rings is 1. The molecule has 0 aliphatic rings. The number of thioether (sulfide) groups is 1. The van der Waals surface area contributed by atoms with Crippen molar-refractivity contribution in [2.24, 2.45) is 0 Å². The van der Waals surface area contributed by atoms with Crippen molar-refractivity contribution >= 4 is 29.2 Å². The molecule has 22 heavy (non-hydrogen) atoms. The molecule has 0 aromatic heterocycles. The monoisotopic (exact) mass is 416 g/mol. The maximum Gasteiger partial charge on any atom is 0.0317 e. The van der Waals surface area contributed by atoms with Gasteiger partial charge in [-0.25, -0.2) is 11.8 Å². The van der Waals surface area contributed by atoms with E-state index in [0.717, 1.165) is 23.6 Å². The molecule has 0 aliphatic carbocycles. The quantitative estimate of drug-likeness (QED) is 0.624. The maximum absolute atomic E-state index is 5.69. The predicted octanol–water partition coefficient (Wildman–Crippen LogP) is 5.72. The van der Waals surface area contributed by atoms with Crippen LogP contribution in [0.1, 0.15) is 33.3 Å². The molecule has 123 valence electrons. The molecule has 6 heteroatoms. The molecule has 0 atom stereocenters. The second-order valence-corrected chi connectivity index (χ2v) is 7.69. The van der Waals surface area contributed by atoms with E-state index in [0.29, 0.717) is 4.75 Å². The fourth-order valence-corrected chi connectivity index (χ4v) is 2.30. The van der Waals surface area contributed by atoms with Crippen LogP contribution in [0.25, 0.3) is 10.2 Å². The Labute approximate surface area is 170 Å². The molecule has 0 unspecified atom stereocenters. The molecule has 3 nitrogen and oxygen atoms in total. The number of anilines is 1. The van der Waals surface area contributed by atoms with Gasteiger partial charge in [-0.3, -0.25) is 0 Å². The molecule has 1 radical (unpaired) electrons. The Hall–Kier alpha value is 0.264. The number of halogens is 1. The van der Waals surface area contributed by atoms with Crippen molar-refractivity contribution in [2.75, 3.05) is 19.3 Å². The fraction of sp³-hybridized carbons (Fsp3) is 0.500. The minimum Gasteiger partial charge on any atom is -0.662 e. The summed E-state index contributed by atoms with van der Waals surface area (Å²) in [6, 6.07) is 8.09. The van der Waals surface area contributed by atoms with Crippen LogP contribution in [0, 0.1) is 0 Å². The van der Waals surface area contributed by atoms with Gasteiger partial charge in [-0.15, -0.1) is 12.1 Å². The van der Waals surface area contributed by atoms with Crippen LogP contribution in [0.15, 0.2) is 36.0 Å². The number of likely N-dealkylation sites (N-methyl/N-ethyl adjacent to an activating group) is 1. The SMILES string of the molecule is CC(C)(C)SCc1cccc(N)c1.C[N-]C/C(C)=C\[N-]Cl.[Y]. The van der Waals surface area contributed by atoms with Crippen LogP contribution >= 0.6 is 23.5 Å². The molecule has 1 aromatic rings. The summed E-state index contributed by atoms with van der Waals surface area (Å²) in [5, 5.41) is 3.87. The molecule has 0 saturated heterocycles. The first-order valence-corrected chi connectivity index (χ1v) is 8.11. The van der Waals surface area contributed by atoms with E-state index in [2.05, 4.69) is 37.0 Å². The minimum atomic E-state index is 0. The molecule has 0 fully saturated rings. The second-order valence-electron chi connectivity index (χ2n) is 5.69. The summed E-state index contributed by atoms with van der Waals surface area (Å²) in [6.07, 6.45) is 1.59. The van der Waals surface area contributed by atoms with Gasteiger partial charge in [0.15, 0.2) is 0 Å². The van der Waals surface area contributed by atoms with Crippen LogP contribution in [0.5, 0.6) is 0 Å². The van der Waals surface area contributed by atoms with Gasteiger partial charge in [0.2, 0.25) is 0 Å². The van der Waals surface area contributed by atoms with E-state index in [1.165, 1.54) is 5.56 Å². The summed E-state index contributed by atoms with van der Waals surface area (Å²) in [4.78, 5) is 3.30. The van der Waals surface area contributed by atoms with Crippen LogP contribution in [0.2, 0.25) is 0 Å². The van der Waals surface area contributed by atoms with Gasteiger partial charge in [-0.2, -0.15) is 25.0 Å². The molecular weight excluding hydrogens is 391 g/mol. The summed E-state index contributed by atoms with van der Waals surface area (Å²) < 4.78 is 0.324. The van der Waals surface area contributed by atoms with Gasteiger partial charge in [0, 0.05) is 48.9 Å². The van der Waals surface area contributed by atoms with E-state index < -0.39 is 0 Å². The number of hydrogen-bond donors (Lipinski definition) is 1. The van der Waals surface area contributed by atoms with Crippen molar-refractivity contribution in [1.29, 1.82) is 0 Å². The van der Waals surface area contributed by atoms with E-state index in [1.807, 2.05) is 36.9 Å². The van der Waals surface area contributed by atoms with Crippen LogP contribution in [0.3, 0.4) is 0 Å². The Kier molecular flexibility index (Phi) is 15.2. The Morgan fingerprint density at radius 1 is 1.36 bits per heavy atom. The molecule has 0 heterocycles. The van der Waals surface area contributed by atoms with Gasteiger partial charge in [-0.05, 0) is 24.6 Å². The normalized spacial score (nSPS) is 11.1. The summed E-state index contributed by atoms with van der Waals surface area (Å²) in [5.74, 6) is 1.04. The Bertz CT molecular complexity index is 434. The number of rotatable bonds is 5. The van der Waals surface area contributed by atoms with Crippen LogP contribution in [-0.2, 0) is 38.5 Å². The molecule has 2 N–H and O–H groups in total. The average Bonchev–Trinajstić information content (AvgIpc) is 2.37. The molecule has 0 saturated carbocycles. The third-order valence-electron chi connectivity index (χ3n) is 2.30. The van der Waals surface area contributed by atoms with Crippen molar-refractivity contribution in [2.45, 2.75) is 38.2 Å². The predicted molar refractivity (Wildman–Crippen MR) is 99.0 cm³/mol. The van der Waals surface area contributed by atoms with Crippen LogP contribution < -0.4 is 5.73 Å². The Morgan fingerprint density at radius 3 is 2.45 bits per heavy atom. The number of nitrogens with two attached hydrogens (primary N) is 1. The van der Waals surface area contributed by atoms with E-state index in [4.69, 9.17) is 17.5 Å². The van der Waals surface area contributed by atoms with Crippen molar-refractivity contribution in [3.63, 3.8) is 0 Å². The second kappa shape index (κ2) is 13.7. The first-order valence-electron chi connectivity index (χ1n) is 6.79. The van der Waals surface area contributed by atoms with Gasteiger partial charge >= 0.3 is 0 Å². The zero-order valence-electron chi connectivity index (χ0n) is 14.1. The standard InChI is InChI=1S/C11H17NS.C5H9ClN2.Y/c1-11(2,3)13-8-9-5-4-6-10(12)7-9;1-5(3-7-2)4-8-6;/h4-7H,8,12H2,1-3H3;4H,3H2,1-2H3;/q;-2;/b;5-4-;. The van der Waals surface area contributed by atoms with E-state index in [9.17, 15) is 0 Å².